The third-order valence-corrected chi connectivity index (χ3v) is 4.12. The predicted molar refractivity (Wildman–Crippen MR) is 92.2 cm³/mol. The lowest BCUT2D eigenvalue weighted by Gasteiger charge is -2.31. The Bertz CT molecular complexity index is 715. The van der Waals surface area contributed by atoms with Crippen LogP contribution < -0.4 is 19.1 Å². The maximum absolute atomic E-state index is 12.7. The highest BCUT2D eigenvalue weighted by Crippen LogP contribution is 2.38. The van der Waals surface area contributed by atoms with Gasteiger partial charge in [-0.25, -0.2) is 0 Å². The zero-order valence-corrected chi connectivity index (χ0v) is 14.0. The molecule has 2 aromatic rings. The summed E-state index contributed by atoms with van der Waals surface area (Å²) in [5.74, 6) is 2.04. The second-order valence-corrected chi connectivity index (χ2v) is 5.58. The first-order chi connectivity index (χ1) is 11.7. The molecule has 5 nitrogen and oxygen atoms in total. The fourth-order valence-electron chi connectivity index (χ4n) is 2.93. The number of amides is 1. The molecule has 1 aliphatic heterocycles. The van der Waals surface area contributed by atoms with Gasteiger partial charge in [-0.05, 0) is 25.0 Å². The average Bonchev–Trinajstić information content (AvgIpc) is 2.65. The van der Waals surface area contributed by atoms with Gasteiger partial charge in [-0.3, -0.25) is 4.79 Å². The molecule has 0 saturated carbocycles. The first-order valence-electron chi connectivity index (χ1n) is 7.96. The Balaban J connectivity index is 1.81. The van der Waals surface area contributed by atoms with Crippen molar-refractivity contribution in [3.8, 4) is 17.2 Å². The van der Waals surface area contributed by atoms with Crippen molar-refractivity contribution in [3.63, 3.8) is 0 Å². The molecule has 3 rings (SSSR count). The van der Waals surface area contributed by atoms with E-state index in [4.69, 9.17) is 14.2 Å². The molecule has 0 spiro atoms. The summed E-state index contributed by atoms with van der Waals surface area (Å²) in [7, 11) is 3.24. The van der Waals surface area contributed by atoms with Gasteiger partial charge in [-0.1, -0.05) is 18.2 Å². The second-order valence-electron chi connectivity index (χ2n) is 5.58. The van der Waals surface area contributed by atoms with Gasteiger partial charge < -0.3 is 19.1 Å². The van der Waals surface area contributed by atoms with E-state index in [-0.39, 0.29) is 12.5 Å². The standard InChI is InChI=1S/C19H21NO4/c1-22-15-11-17-16(18(12-15)23-2)9-6-10-20(17)19(21)13-24-14-7-4-3-5-8-14/h3-5,7-8,11-12H,6,9-10,13H2,1-2H3. The van der Waals surface area contributed by atoms with Crippen LogP contribution in [-0.2, 0) is 11.2 Å². The van der Waals surface area contributed by atoms with Crippen molar-refractivity contribution in [1.82, 2.24) is 0 Å². The minimum absolute atomic E-state index is 0.00295. The number of benzene rings is 2. The number of para-hydroxylation sites is 1. The Kier molecular flexibility index (Phi) is 4.89. The summed E-state index contributed by atoms with van der Waals surface area (Å²) in [6.45, 7) is 0.670. The Hall–Kier alpha value is -2.69. The van der Waals surface area contributed by atoms with Gasteiger partial charge in [0.15, 0.2) is 6.61 Å². The molecule has 0 atom stereocenters. The normalized spacial score (nSPS) is 13.2. The van der Waals surface area contributed by atoms with Gasteiger partial charge in [0.05, 0.1) is 19.9 Å². The Morgan fingerprint density at radius 1 is 1.08 bits per heavy atom. The number of hydrogen-bond acceptors (Lipinski definition) is 4. The number of ether oxygens (including phenoxy) is 3. The Morgan fingerprint density at radius 3 is 2.58 bits per heavy atom. The number of fused-ring (bicyclic) bond motifs is 1. The lowest BCUT2D eigenvalue weighted by molar-refractivity contribution is -0.120. The SMILES string of the molecule is COc1cc(OC)c2c(c1)N(C(=O)COc1ccccc1)CCC2. The largest absolute Gasteiger partial charge is 0.497 e. The van der Waals surface area contributed by atoms with Crippen LogP contribution in [0.3, 0.4) is 0 Å². The monoisotopic (exact) mass is 327 g/mol. The van der Waals surface area contributed by atoms with Crippen LogP contribution in [0.4, 0.5) is 5.69 Å². The minimum atomic E-state index is -0.0740. The summed E-state index contributed by atoms with van der Waals surface area (Å²) in [5.41, 5.74) is 1.89. The van der Waals surface area contributed by atoms with Gasteiger partial charge in [0.2, 0.25) is 0 Å². The van der Waals surface area contributed by atoms with Crippen LogP contribution >= 0.6 is 0 Å². The van der Waals surface area contributed by atoms with Gasteiger partial charge in [0, 0.05) is 24.2 Å². The number of methoxy groups -OCH3 is 2. The van der Waals surface area contributed by atoms with Crippen molar-refractivity contribution in [2.45, 2.75) is 12.8 Å². The van der Waals surface area contributed by atoms with E-state index in [0.717, 1.165) is 29.8 Å². The molecular weight excluding hydrogens is 306 g/mol. The molecule has 1 heterocycles. The van der Waals surface area contributed by atoms with Crippen molar-refractivity contribution in [3.05, 3.63) is 48.0 Å². The molecule has 0 unspecified atom stereocenters. The molecule has 0 fully saturated rings. The number of nitrogens with zero attached hydrogens (tertiary/aromatic N) is 1. The van der Waals surface area contributed by atoms with Gasteiger partial charge in [0.25, 0.3) is 5.91 Å². The number of rotatable bonds is 5. The summed E-state index contributed by atoms with van der Waals surface area (Å²) in [6, 6.07) is 13.1. The fraction of sp³-hybridized carbons (Fsp3) is 0.316. The Labute approximate surface area is 141 Å². The van der Waals surface area contributed by atoms with Crippen molar-refractivity contribution < 1.29 is 19.0 Å². The first-order valence-corrected chi connectivity index (χ1v) is 7.96. The van der Waals surface area contributed by atoms with Crippen LogP contribution in [0, 0.1) is 0 Å². The highest BCUT2D eigenvalue weighted by Gasteiger charge is 2.26. The number of hydrogen-bond donors (Lipinski definition) is 0. The molecule has 0 N–H and O–H groups in total. The number of carbonyl (C=O) groups is 1. The van der Waals surface area contributed by atoms with E-state index in [2.05, 4.69) is 0 Å². The molecule has 1 amide bonds. The van der Waals surface area contributed by atoms with Gasteiger partial charge in [-0.15, -0.1) is 0 Å². The molecule has 24 heavy (non-hydrogen) atoms. The van der Waals surface area contributed by atoms with Crippen LogP contribution in [0.5, 0.6) is 17.2 Å². The molecule has 0 bridgehead atoms. The van der Waals surface area contributed by atoms with E-state index in [1.54, 1.807) is 19.1 Å². The van der Waals surface area contributed by atoms with E-state index < -0.39 is 0 Å². The lowest BCUT2D eigenvalue weighted by atomic mass is 10.00. The molecule has 1 aliphatic rings. The van der Waals surface area contributed by atoms with Crippen molar-refractivity contribution in [1.29, 1.82) is 0 Å². The minimum Gasteiger partial charge on any atom is -0.497 e. The summed E-state index contributed by atoms with van der Waals surface area (Å²) in [6.07, 6.45) is 1.78. The van der Waals surface area contributed by atoms with Crippen molar-refractivity contribution >= 4 is 11.6 Å². The average molecular weight is 327 g/mol. The van der Waals surface area contributed by atoms with Crippen LogP contribution in [0.15, 0.2) is 42.5 Å². The number of carbonyl (C=O) groups excluding carboxylic acids is 1. The smallest absolute Gasteiger partial charge is 0.264 e. The van der Waals surface area contributed by atoms with Gasteiger partial charge in [-0.2, -0.15) is 0 Å². The summed E-state index contributed by atoms with van der Waals surface area (Å²) < 4.78 is 16.4. The van der Waals surface area contributed by atoms with Crippen molar-refractivity contribution in [2.24, 2.45) is 0 Å². The third-order valence-electron chi connectivity index (χ3n) is 4.12. The molecule has 0 radical (unpaired) electrons. The maximum atomic E-state index is 12.7. The summed E-state index contributed by atoms with van der Waals surface area (Å²) >= 11 is 0. The topological polar surface area (TPSA) is 48.0 Å². The zero-order chi connectivity index (χ0) is 16.9. The van der Waals surface area contributed by atoms with Gasteiger partial charge in [0.1, 0.15) is 17.2 Å². The molecule has 0 aliphatic carbocycles. The maximum Gasteiger partial charge on any atom is 0.264 e. The highest BCUT2D eigenvalue weighted by molar-refractivity contribution is 5.96. The molecule has 2 aromatic carbocycles. The lowest BCUT2D eigenvalue weighted by Crippen LogP contribution is -2.38. The van der Waals surface area contributed by atoms with Crippen LogP contribution in [0.1, 0.15) is 12.0 Å². The molecular formula is C19H21NO4. The highest BCUT2D eigenvalue weighted by atomic mass is 16.5. The van der Waals surface area contributed by atoms with E-state index in [0.29, 0.717) is 18.0 Å². The van der Waals surface area contributed by atoms with Gasteiger partial charge >= 0.3 is 0 Å². The van der Waals surface area contributed by atoms with E-state index >= 15 is 0 Å². The van der Waals surface area contributed by atoms with E-state index in [1.165, 1.54) is 0 Å². The van der Waals surface area contributed by atoms with Crippen LogP contribution in [-0.4, -0.2) is 33.3 Å². The molecule has 0 saturated heterocycles. The molecule has 5 heteroatoms. The summed E-state index contributed by atoms with van der Waals surface area (Å²) in [4.78, 5) is 14.4. The second kappa shape index (κ2) is 7.25. The summed E-state index contributed by atoms with van der Waals surface area (Å²) in [5, 5.41) is 0. The third kappa shape index (κ3) is 3.30. The fourth-order valence-corrected chi connectivity index (χ4v) is 2.93. The quantitative estimate of drug-likeness (QED) is 0.847. The number of anilines is 1. The zero-order valence-electron chi connectivity index (χ0n) is 14.0. The first kappa shape index (κ1) is 16.2. The van der Waals surface area contributed by atoms with E-state index in [1.807, 2.05) is 42.5 Å². The van der Waals surface area contributed by atoms with Crippen LogP contribution in [0.2, 0.25) is 0 Å². The predicted octanol–water partition coefficient (Wildman–Crippen LogP) is 3.06. The molecule has 126 valence electrons. The van der Waals surface area contributed by atoms with E-state index in [9.17, 15) is 4.79 Å². The molecule has 0 aromatic heterocycles. The van der Waals surface area contributed by atoms with Crippen molar-refractivity contribution in [2.75, 3.05) is 32.3 Å². The Morgan fingerprint density at radius 2 is 1.88 bits per heavy atom. The van der Waals surface area contributed by atoms with Crippen LogP contribution in [0.25, 0.3) is 0 Å².